The molecule has 0 aliphatic heterocycles. The molecule has 0 saturated carbocycles. The van der Waals surface area contributed by atoms with Crippen LogP contribution in [0.4, 0.5) is 0 Å². The van der Waals surface area contributed by atoms with Gasteiger partial charge in [0.25, 0.3) is 5.78 Å². The van der Waals surface area contributed by atoms with Gasteiger partial charge in [0.1, 0.15) is 0 Å². The number of Topliss-reactive ketones (excluding diaryl/α,β-unsaturated/α-hetero) is 1. The maximum absolute atomic E-state index is 11.3. The number of methoxy groups -OCH3 is 1. The number of hydrogen-bond acceptors (Lipinski definition) is 3. The highest BCUT2D eigenvalue weighted by Gasteiger charge is 2.14. The van der Waals surface area contributed by atoms with Crippen LogP contribution in [0.3, 0.4) is 0 Å². The summed E-state index contributed by atoms with van der Waals surface area (Å²) in [5, 5.41) is 0. The van der Waals surface area contributed by atoms with Gasteiger partial charge in [0.15, 0.2) is 0 Å². The van der Waals surface area contributed by atoms with E-state index in [1.807, 2.05) is 36.4 Å². The van der Waals surface area contributed by atoms with Gasteiger partial charge in [0.2, 0.25) is 0 Å². The van der Waals surface area contributed by atoms with E-state index in [0.29, 0.717) is 5.57 Å². The van der Waals surface area contributed by atoms with Crippen molar-refractivity contribution in [3.05, 3.63) is 53.6 Å². The molecule has 0 aliphatic carbocycles. The van der Waals surface area contributed by atoms with Crippen LogP contribution in [-0.2, 0) is 14.3 Å². The average Bonchev–Trinajstić information content (AvgIpc) is 2.38. The lowest BCUT2D eigenvalue weighted by Crippen LogP contribution is -2.16. The first-order valence-electron chi connectivity index (χ1n) is 5.18. The Morgan fingerprint density at radius 1 is 1.18 bits per heavy atom. The van der Waals surface area contributed by atoms with Crippen LogP contribution < -0.4 is 0 Å². The van der Waals surface area contributed by atoms with Crippen molar-refractivity contribution in [2.75, 3.05) is 7.11 Å². The predicted molar refractivity (Wildman–Crippen MR) is 66.3 cm³/mol. The van der Waals surface area contributed by atoms with E-state index >= 15 is 0 Å². The Kier molecular flexibility index (Phi) is 4.88. The van der Waals surface area contributed by atoms with Crippen LogP contribution in [0.25, 0.3) is 6.08 Å². The third-order valence-electron chi connectivity index (χ3n) is 2.16. The van der Waals surface area contributed by atoms with E-state index in [1.165, 1.54) is 7.11 Å². The molecule has 1 rings (SSSR count). The summed E-state index contributed by atoms with van der Waals surface area (Å²) in [4.78, 5) is 22.3. The van der Waals surface area contributed by atoms with Gasteiger partial charge in [0.05, 0.1) is 7.11 Å². The highest BCUT2D eigenvalue weighted by atomic mass is 16.5. The molecule has 3 nitrogen and oxygen atoms in total. The number of ketones is 1. The summed E-state index contributed by atoms with van der Waals surface area (Å²) >= 11 is 0. The normalized spacial score (nSPS) is 11.5. The fourth-order valence-corrected chi connectivity index (χ4v) is 1.20. The molecular weight excluding hydrogens is 216 g/mol. The average molecular weight is 230 g/mol. The lowest BCUT2D eigenvalue weighted by molar-refractivity contribution is -0.149. The van der Waals surface area contributed by atoms with Crippen LogP contribution >= 0.6 is 0 Å². The molecule has 0 saturated heterocycles. The second kappa shape index (κ2) is 6.43. The van der Waals surface area contributed by atoms with Gasteiger partial charge in [-0.25, -0.2) is 4.79 Å². The maximum atomic E-state index is 11.3. The van der Waals surface area contributed by atoms with Crippen LogP contribution in [0.1, 0.15) is 12.5 Å². The van der Waals surface area contributed by atoms with Crippen LogP contribution in [0.2, 0.25) is 0 Å². The largest absolute Gasteiger partial charge is 0.463 e. The fraction of sp³-hybridized carbons (Fsp3) is 0.143. The Bertz CT molecular complexity index is 456. The molecule has 0 amide bonds. The van der Waals surface area contributed by atoms with Gasteiger partial charge in [-0.05, 0) is 12.5 Å². The molecule has 0 radical (unpaired) electrons. The number of esters is 1. The van der Waals surface area contributed by atoms with E-state index in [1.54, 1.807) is 19.1 Å². The van der Waals surface area contributed by atoms with E-state index in [9.17, 15) is 9.59 Å². The summed E-state index contributed by atoms with van der Waals surface area (Å²) < 4.78 is 4.34. The van der Waals surface area contributed by atoms with E-state index in [4.69, 9.17) is 0 Å². The summed E-state index contributed by atoms with van der Waals surface area (Å²) in [5.74, 6) is -1.46. The Morgan fingerprint density at radius 2 is 1.82 bits per heavy atom. The first-order chi connectivity index (χ1) is 8.15. The Morgan fingerprint density at radius 3 is 2.41 bits per heavy atom. The molecule has 0 N–H and O–H groups in total. The van der Waals surface area contributed by atoms with Gasteiger partial charge in [-0.3, -0.25) is 4.79 Å². The highest BCUT2D eigenvalue weighted by molar-refractivity contribution is 6.40. The lowest BCUT2D eigenvalue weighted by Gasteiger charge is -1.96. The Balaban J connectivity index is 2.68. The van der Waals surface area contributed by atoms with Gasteiger partial charge in [-0.15, -0.1) is 0 Å². The van der Waals surface area contributed by atoms with Gasteiger partial charge in [-0.2, -0.15) is 0 Å². The van der Waals surface area contributed by atoms with Crippen LogP contribution in [0.5, 0.6) is 0 Å². The first kappa shape index (κ1) is 12.9. The number of allylic oxidation sites excluding steroid dienone is 2. The summed E-state index contributed by atoms with van der Waals surface area (Å²) in [6.07, 6.45) is 5.17. The minimum absolute atomic E-state index is 0.351. The minimum atomic E-state index is -0.841. The van der Waals surface area contributed by atoms with Gasteiger partial charge >= 0.3 is 5.97 Å². The molecule has 0 fully saturated rings. The van der Waals surface area contributed by atoms with E-state index in [0.717, 1.165) is 5.56 Å². The second-order valence-corrected chi connectivity index (χ2v) is 3.44. The minimum Gasteiger partial charge on any atom is -0.463 e. The van der Waals surface area contributed by atoms with E-state index in [-0.39, 0.29) is 0 Å². The zero-order valence-corrected chi connectivity index (χ0v) is 9.84. The standard InChI is InChI=1S/C14H14O3/c1-11(13(15)14(16)17-2)7-6-10-12-8-4-3-5-9-12/h3-10H,1-2H3/b10-6?,11-7+. The number of rotatable bonds is 4. The van der Waals surface area contributed by atoms with Crippen molar-refractivity contribution >= 4 is 17.8 Å². The maximum Gasteiger partial charge on any atom is 0.379 e. The Labute approximate surface area is 100 Å². The quantitative estimate of drug-likeness (QED) is 0.345. The summed E-state index contributed by atoms with van der Waals surface area (Å²) in [6, 6.07) is 9.68. The molecule has 0 unspecified atom stereocenters. The van der Waals surface area contributed by atoms with E-state index in [2.05, 4.69) is 4.74 Å². The van der Waals surface area contributed by atoms with Crippen LogP contribution in [0, 0.1) is 0 Å². The van der Waals surface area contributed by atoms with Crippen molar-refractivity contribution < 1.29 is 14.3 Å². The topological polar surface area (TPSA) is 43.4 Å². The second-order valence-electron chi connectivity index (χ2n) is 3.44. The summed E-state index contributed by atoms with van der Waals surface area (Å²) in [5.41, 5.74) is 1.38. The molecule has 88 valence electrons. The zero-order valence-electron chi connectivity index (χ0n) is 9.84. The van der Waals surface area contributed by atoms with Crippen molar-refractivity contribution in [1.82, 2.24) is 0 Å². The molecule has 3 heteroatoms. The highest BCUT2D eigenvalue weighted by Crippen LogP contribution is 2.03. The van der Waals surface area contributed by atoms with Crippen molar-refractivity contribution in [3.63, 3.8) is 0 Å². The number of hydrogen-bond donors (Lipinski definition) is 0. The van der Waals surface area contributed by atoms with Crippen LogP contribution in [0.15, 0.2) is 48.1 Å². The van der Waals surface area contributed by atoms with Gasteiger partial charge < -0.3 is 4.74 Å². The van der Waals surface area contributed by atoms with Crippen molar-refractivity contribution in [3.8, 4) is 0 Å². The molecule has 17 heavy (non-hydrogen) atoms. The third kappa shape index (κ3) is 4.07. The molecule has 0 bridgehead atoms. The summed E-state index contributed by atoms with van der Waals surface area (Å²) in [7, 11) is 1.19. The molecule has 0 spiro atoms. The molecule has 1 aromatic carbocycles. The molecular formula is C14H14O3. The van der Waals surface area contributed by atoms with Crippen molar-refractivity contribution in [2.45, 2.75) is 6.92 Å². The first-order valence-corrected chi connectivity index (χ1v) is 5.18. The third-order valence-corrected chi connectivity index (χ3v) is 2.16. The monoisotopic (exact) mass is 230 g/mol. The summed E-state index contributed by atoms with van der Waals surface area (Å²) in [6.45, 7) is 1.58. The fourth-order valence-electron chi connectivity index (χ4n) is 1.20. The number of carbonyl (C=O) groups excluding carboxylic acids is 2. The Hall–Kier alpha value is -2.16. The number of benzene rings is 1. The molecule has 1 aromatic rings. The van der Waals surface area contributed by atoms with Crippen molar-refractivity contribution in [1.29, 1.82) is 0 Å². The molecule has 0 aromatic heterocycles. The zero-order chi connectivity index (χ0) is 12.7. The predicted octanol–water partition coefficient (Wildman–Crippen LogP) is 2.39. The molecule has 0 atom stereocenters. The molecule has 0 aliphatic rings. The van der Waals surface area contributed by atoms with Gasteiger partial charge in [0, 0.05) is 5.57 Å². The SMILES string of the molecule is COC(=O)C(=O)/C(C)=C/C=Cc1ccccc1. The number of ether oxygens (including phenoxy) is 1. The smallest absolute Gasteiger partial charge is 0.379 e. The van der Waals surface area contributed by atoms with Crippen molar-refractivity contribution in [2.24, 2.45) is 0 Å². The van der Waals surface area contributed by atoms with Crippen LogP contribution in [-0.4, -0.2) is 18.9 Å². The lowest BCUT2D eigenvalue weighted by atomic mass is 10.1. The van der Waals surface area contributed by atoms with E-state index < -0.39 is 11.8 Å². The number of carbonyl (C=O) groups is 2. The molecule has 0 heterocycles. The van der Waals surface area contributed by atoms with Gasteiger partial charge in [-0.1, -0.05) is 48.6 Å².